The standard InChI is InChI=1S/C23H23ClN6O2S/c1-15(21(32)29-14-20(31)25-18-9-2-3-10-19(18)29)33-23-27-26-22(28-11-4-5-12-28)30(23)17-8-6-7-16(24)13-17/h2-3,6-10,13,15H,4-5,11-12,14H2,1H3,(H,25,31)/t15-/m0/s1. The molecule has 0 bridgehead atoms. The van der Waals surface area contributed by atoms with Crippen LogP contribution in [-0.4, -0.2) is 51.5 Å². The van der Waals surface area contributed by atoms with Gasteiger partial charge in [-0.3, -0.25) is 19.1 Å². The number of benzene rings is 2. The maximum Gasteiger partial charge on any atom is 0.244 e. The van der Waals surface area contributed by atoms with E-state index in [0.717, 1.165) is 37.6 Å². The predicted octanol–water partition coefficient (Wildman–Crippen LogP) is 3.99. The second-order valence-electron chi connectivity index (χ2n) is 8.04. The van der Waals surface area contributed by atoms with Gasteiger partial charge in [0.1, 0.15) is 6.54 Å². The van der Waals surface area contributed by atoms with Crippen LogP contribution in [0, 0.1) is 0 Å². The molecule has 170 valence electrons. The summed E-state index contributed by atoms with van der Waals surface area (Å²) in [5.74, 6) is 0.378. The van der Waals surface area contributed by atoms with E-state index in [2.05, 4.69) is 20.4 Å². The predicted molar refractivity (Wildman–Crippen MR) is 131 cm³/mol. The molecule has 1 aromatic heterocycles. The Hall–Kier alpha value is -3.04. The number of para-hydroxylation sites is 2. The summed E-state index contributed by atoms with van der Waals surface area (Å²) in [6.07, 6.45) is 2.21. The number of anilines is 3. The molecule has 2 aliphatic rings. The molecule has 1 atom stereocenters. The summed E-state index contributed by atoms with van der Waals surface area (Å²) in [7, 11) is 0. The van der Waals surface area contributed by atoms with E-state index in [9.17, 15) is 9.59 Å². The van der Waals surface area contributed by atoms with Crippen molar-refractivity contribution in [3.05, 3.63) is 53.6 Å². The van der Waals surface area contributed by atoms with Crippen molar-refractivity contribution in [1.29, 1.82) is 0 Å². The van der Waals surface area contributed by atoms with E-state index in [1.807, 2.05) is 54.0 Å². The highest BCUT2D eigenvalue weighted by atomic mass is 35.5. The van der Waals surface area contributed by atoms with Crippen LogP contribution >= 0.6 is 23.4 Å². The molecule has 0 unspecified atom stereocenters. The summed E-state index contributed by atoms with van der Waals surface area (Å²) < 4.78 is 1.96. The van der Waals surface area contributed by atoms with Crippen LogP contribution in [0.15, 0.2) is 53.7 Å². The van der Waals surface area contributed by atoms with Crippen LogP contribution in [0.1, 0.15) is 19.8 Å². The number of nitrogens with one attached hydrogen (secondary N) is 1. The fourth-order valence-corrected chi connectivity index (χ4v) is 5.27. The highest BCUT2D eigenvalue weighted by molar-refractivity contribution is 8.00. The molecule has 1 N–H and O–H groups in total. The minimum absolute atomic E-state index is 0.0131. The van der Waals surface area contributed by atoms with E-state index >= 15 is 0 Å². The first-order valence-electron chi connectivity index (χ1n) is 10.8. The summed E-state index contributed by atoms with van der Waals surface area (Å²) in [6, 6.07) is 14.8. The molecule has 1 saturated heterocycles. The van der Waals surface area contributed by atoms with Gasteiger partial charge < -0.3 is 10.2 Å². The van der Waals surface area contributed by atoms with Crippen molar-refractivity contribution in [3.63, 3.8) is 0 Å². The average Bonchev–Trinajstić information content (AvgIpc) is 3.48. The lowest BCUT2D eigenvalue weighted by Crippen LogP contribution is -2.45. The van der Waals surface area contributed by atoms with Gasteiger partial charge in [0.2, 0.25) is 17.8 Å². The smallest absolute Gasteiger partial charge is 0.244 e. The Bertz CT molecular complexity index is 1210. The number of fused-ring (bicyclic) bond motifs is 1. The molecule has 5 rings (SSSR count). The quantitative estimate of drug-likeness (QED) is 0.554. The number of thioether (sulfide) groups is 1. The van der Waals surface area contributed by atoms with Crippen LogP contribution in [0.3, 0.4) is 0 Å². The van der Waals surface area contributed by atoms with Gasteiger partial charge in [-0.2, -0.15) is 0 Å². The molecule has 33 heavy (non-hydrogen) atoms. The van der Waals surface area contributed by atoms with Crippen LogP contribution in [0.4, 0.5) is 17.3 Å². The molecular weight excluding hydrogens is 460 g/mol. The Morgan fingerprint density at radius 3 is 2.70 bits per heavy atom. The molecule has 2 aromatic carbocycles. The summed E-state index contributed by atoms with van der Waals surface area (Å²) in [4.78, 5) is 29.3. The van der Waals surface area contributed by atoms with Gasteiger partial charge in [0, 0.05) is 18.1 Å². The van der Waals surface area contributed by atoms with Gasteiger partial charge in [0.15, 0.2) is 5.16 Å². The van der Waals surface area contributed by atoms with E-state index in [4.69, 9.17) is 11.6 Å². The third-order valence-electron chi connectivity index (χ3n) is 5.74. The van der Waals surface area contributed by atoms with E-state index in [0.29, 0.717) is 21.6 Å². The van der Waals surface area contributed by atoms with E-state index in [-0.39, 0.29) is 18.4 Å². The highest BCUT2D eigenvalue weighted by Gasteiger charge is 2.32. The minimum atomic E-state index is -0.488. The zero-order valence-corrected chi connectivity index (χ0v) is 19.6. The van der Waals surface area contributed by atoms with Crippen molar-refractivity contribution in [2.45, 2.75) is 30.2 Å². The Morgan fingerprint density at radius 1 is 1.12 bits per heavy atom. The minimum Gasteiger partial charge on any atom is -0.341 e. The second kappa shape index (κ2) is 9.07. The van der Waals surface area contributed by atoms with Crippen LogP contribution < -0.4 is 15.1 Å². The molecule has 3 heterocycles. The number of nitrogens with zero attached hydrogens (tertiary/aromatic N) is 5. The topological polar surface area (TPSA) is 83.4 Å². The molecule has 3 aromatic rings. The first-order valence-corrected chi connectivity index (χ1v) is 12.1. The number of halogens is 1. The van der Waals surface area contributed by atoms with Gasteiger partial charge in [0.05, 0.1) is 22.3 Å². The second-order valence-corrected chi connectivity index (χ2v) is 9.79. The molecule has 2 aliphatic heterocycles. The van der Waals surface area contributed by atoms with Gasteiger partial charge in [-0.1, -0.05) is 41.6 Å². The van der Waals surface area contributed by atoms with E-state index in [1.54, 1.807) is 6.07 Å². The van der Waals surface area contributed by atoms with Gasteiger partial charge in [-0.05, 0) is 50.1 Å². The molecule has 0 saturated carbocycles. The fraction of sp³-hybridized carbons (Fsp3) is 0.304. The van der Waals surface area contributed by atoms with Crippen LogP contribution in [0.5, 0.6) is 0 Å². The first kappa shape index (κ1) is 21.8. The molecular formula is C23H23ClN6O2S. The molecule has 8 nitrogen and oxygen atoms in total. The number of carbonyl (C=O) groups is 2. The monoisotopic (exact) mass is 482 g/mol. The van der Waals surface area contributed by atoms with Crippen LogP contribution in [0.25, 0.3) is 5.69 Å². The third-order valence-corrected chi connectivity index (χ3v) is 7.00. The van der Waals surface area contributed by atoms with E-state index in [1.165, 1.54) is 16.7 Å². The molecule has 1 fully saturated rings. The lowest BCUT2D eigenvalue weighted by atomic mass is 10.2. The molecule has 0 spiro atoms. The normalized spacial score (nSPS) is 16.5. The summed E-state index contributed by atoms with van der Waals surface area (Å²) >= 11 is 7.60. The lowest BCUT2D eigenvalue weighted by Gasteiger charge is -2.30. The number of hydrogen-bond acceptors (Lipinski definition) is 6. The lowest BCUT2D eigenvalue weighted by molar-refractivity contribution is -0.121. The van der Waals surface area contributed by atoms with Crippen molar-refractivity contribution in [3.8, 4) is 5.69 Å². The van der Waals surface area contributed by atoms with Crippen molar-refractivity contribution in [1.82, 2.24) is 14.8 Å². The number of rotatable bonds is 5. The molecule has 0 aliphatic carbocycles. The Kier molecular flexibility index (Phi) is 5.99. The van der Waals surface area contributed by atoms with Crippen molar-refractivity contribution < 1.29 is 9.59 Å². The van der Waals surface area contributed by atoms with Crippen molar-refractivity contribution in [2.24, 2.45) is 0 Å². The molecule has 10 heteroatoms. The maximum absolute atomic E-state index is 13.4. The van der Waals surface area contributed by atoms with Crippen molar-refractivity contribution in [2.75, 3.05) is 34.8 Å². The summed E-state index contributed by atoms with van der Waals surface area (Å²) in [6.45, 7) is 3.64. The zero-order chi connectivity index (χ0) is 22.9. The van der Waals surface area contributed by atoms with Crippen LogP contribution in [0.2, 0.25) is 5.02 Å². The Labute approximate surface area is 200 Å². The van der Waals surface area contributed by atoms with Gasteiger partial charge in [-0.15, -0.1) is 10.2 Å². The Balaban J connectivity index is 1.46. The number of aromatic nitrogens is 3. The van der Waals surface area contributed by atoms with Gasteiger partial charge in [0.25, 0.3) is 0 Å². The van der Waals surface area contributed by atoms with Crippen LogP contribution in [-0.2, 0) is 9.59 Å². The summed E-state index contributed by atoms with van der Waals surface area (Å²) in [5, 5.41) is 12.5. The average molecular weight is 483 g/mol. The van der Waals surface area contributed by atoms with E-state index < -0.39 is 5.25 Å². The van der Waals surface area contributed by atoms with Gasteiger partial charge >= 0.3 is 0 Å². The molecule has 2 amide bonds. The highest BCUT2D eigenvalue weighted by Crippen LogP contribution is 2.34. The molecule has 0 radical (unpaired) electrons. The summed E-state index contributed by atoms with van der Waals surface area (Å²) in [5.41, 5.74) is 2.18. The fourth-order valence-electron chi connectivity index (χ4n) is 4.16. The third kappa shape index (κ3) is 4.30. The number of amides is 2. The maximum atomic E-state index is 13.4. The van der Waals surface area contributed by atoms with Gasteiger partial charge in [-0.25, -0.2) is 0 Å². The SMILES string of the molecule is C[C@H](Sc1nnc(N2CCCC2)n1-c1cccc(Cl)c1)C(=O)N1CC(=O)Nc2ccccc21. The Morgan fingerprint density at radius 2 is 1.91 bits per heavy atom. The number of carbonyl (C=O) groups excluding carboxylic acids is 2. The van der Waals surface area contributed by atoms with Crippen molar-refractivity contribution >= 4 is 52.5 Å². The number of hydrogen-bond donors (Lipinski definition) is 1. The largest absolute Gasteiger partial charge is 0.341 e. The first-order chi connectivity index (χ1) is 16.0. The zero-order valence-electron chi connectivity index (χ0n) is 18.1.